The van der Waals surface area contributed by atoms with E-state index >= 15 is 4.39 Å². The molecule has 280 valence electrons. The molecular weight excluding hydrogens is 738 g/mol. The molecule has 0 N–H and O–H groups in total. The molecule has 53 heavy (non-hydrogen) atoms. The monoisotopic (exact) mass is 773 g/mol. The topological polar surface area (TPSA) is 104 Å². The molecule has 3 fully saturated rings. The summed E-state index contributed by atoms with van der Waals surface area (Å²) in [6, 6.07) is 16.3. The number of halogens is 5. The standard InChI is InChI=1S/C38H36Cl2F3N3O7/c1-2-50-34-17-26(11-12-32(34)52-37(42)43)33(18-27-28(39)20-45(49)21-29(27)40)51-36(47)25-9-7-23(8-10-25)19-46(31-6-4-3-5-30(31)41)38(48)53-35-22-44-15-13-24(35)14-16-44/h3-12,17,20-21,24,33,35,37H,2,13-16,18-19,22H2,1H3/t33-,35-/m0/s1. The minimum Gasteiger partial charge on any atom is -0.619 e. The van der Waals surface area contributed by atoms with E-state index in [9.17, 15) is 23.6 Å². The zero-order valence-corrected chi connectivity index (χ0v) is 30.1. The summed E-state index contributed by atoms with van der Waals surface area (Å²) in [5, 5.41) is 11.9. The molecule has 0 unspecified atom stereocenters. The Kier molecular flexibility index (Phi) is 12.2. The fraction of sp³-hybridized carbons (Fsp3) is 0.342. The quantitative estimate of drug-likeness (QED) is 0.0762. The maximum atomic E-state index is 15.0. The van der Waals surface area contributed by atoms with Crippen LogP contribution in [0.2, 0.25) is 10.0 Å². The summed E-state index contributed by atoms with van der Waals surface area (Å²) in [5.74, 6) is -1.32. The van der Waals surface area contributed by atoms with Gasteiger partial charge < -0.3 is 24.2 Å². The molecule has 15 heteroatoms. The number of benzene rings is 3. The van der Waals surface area contributed by atoms with Gasteiger partial charge in [0.25, 0.3) is 0 Å². The van der Waals surface area contributed by atoms with Crippen molar-refractivity contribution >= 4 is 41.0 Å². The minimum atomic E-state index is -3.10. The minimum absolute atomic E-state index is 0.00945. The largest absolute Gasteiger partial charge is 0.619 e. The van der Waals surface area contributed by atoms with Crippen LogP contribution in [0.25, 0.3) is 0 Å². The molecule has 2 atom stereocenters. The van der Waals surface area contributed by atoms with Crippen LogP contribution in [0.1, 0.15) is 52.9 Å². The van der Waals surface area contributed by atoms with Gasteiger partial charge in [0.15, 0.2) is 23.9 Å². The van der Waals surface area contributed by atoms with Crippen LogP contribution >= 0.6 is 23.2 Å². The first-order chi connectivity index (χ1) is 25.5. The molecule has 0 saturated carbocycles. The summed E-state index contributed by atoms with van der Waals surface area (Å²) in [6.45, 7) is 1.23. The first-order valence-electron chi connectivity index (χ1n) is 17.0. The van der Waals surface area contributed by atoms with Crippen molar-refractivity contribution < 1.29 is 46.4 Å². The Balaban J connectivity index is 1.23. The van der Waals surface area contributed by atoms with E-state index in [0.29, 0.717) is 28.0 Å². The number of para-hydroxylation sites is 1. The Morgan fingerprint density at radius 1 is 1.00 bits per heavy atom. The van der Waals surface area contributed by atoms with Crippen LogP contribution in [-0.2, 0) is 22.4 Å². The molecule has 0 radical (unpaired) electrons. The molecule has 7 rings (SSSR count). The number of nitrogens with zero attached hydrogens (tertiary/aromatic N) is 3. The van der Waals surface area contributed by atoms with Crippen molar-refractivity contribution in [1.82, 2.24) is 4.90 Å². The number of carbonyl (C=O) groups excluding carboxylic acids is 2. The molecule has 3 saturated heterocycles. The summed E-state index contributed by atoms with van der Waals surface area (Å²) in [6.07, 6.45) is 1.94. The lowest BCUT2D eigenvalue weighted by molar-refractivity contribution is -0.605. The number of anilines is 1. The van der Waals surface area contributed by atoms with Gasteiger partial charge in [-0.1, -0.05) is 53.5 Å². The summed E-state index contributed by atoms with van der Waals surface area (Å²) in [7, 11) is 0. The first-order valence-corrected chi connectivity index (χ1v) is 17.8. The van der Waals surface area contributed by atoms with E-state index in [-0.39, 0.29) is 64.4 Å². The van der Waals surface area contributed by atoms with Crippen LogP contribution in [0.5, 0.6) is 11.5 Å². The number of fused-ring (bicyclic) bond motifs is 3. The van der Waals surface area contributed by atoms with Gasteiger partial charge >= 0.3 is 18.7 Å². The van der Waals surface area contributed by atoms with E-state index in [4.69, 9.17) is 37.4 Å². The third-order valence-electron chi connectivity index (χ3n) is 9.29. The zero-order valence-electron chi connectivity index (χ0n) is 28.6. The van der Waals surface area contributed by atoms with Crippen molar-refractivity contribution in [3.8, 4) is 11.5 Å². The van der Waals surface area contributed by atoms with Gasteiger partial charge in [-0.05, 0) is 86.3 Å². The second-order valence-corrected chi connectivity index (χ2v) is 13.5. The van der Waals surface area contributed by atoms with Crippen LogP contribution in [-0.4, -0.2) is 55.9 Å². The average Bonchev–Trinajstić information content (AvgIpc) is 3.13. The fourth-order valence-electron chi connectivity index (χ4n) is 6.61. The molecule has 0 spiro atoms. The molecule has 0 aliphatic carbocycles. The van der Waals surface area contributed by atoms with Crippen LogP contribution in [0.15, 0.2) is 79.1 Å². The highest BCUT2D eigenvalue weighted by molar-refractivity contribution is 6.35. The van der Waals surface area contributed by atoms with Crippen LogP contribution < -0.4 is 19.1 Å². The number of ether oxygens (including phenoxy) is 4. The predicted octanol–water partition coefficient (Wildman–Crippen LogP) is 8.14. The fourth-order valence-corrected chi connectivity index (χ4v) is 7.21. The smallest absolute Gasteiger partial charge is 0.415 e. The molecule has 2 bridgehead atoms. The Labute approximate surface area is 314 Å². The summed E-state index contributed by atoms with van der Waals surface area (Å²) in [5.41, 5.74) is 1.42. The summed E-state index contributed by atoms with van der Waals surface area (Å²) >= 11 is 12.7. The number of pyridine rings is 1. The summed E-state index contributed by atoms with van der Waals surface area (Å²) in [4.78, 5) is 30.7. The lowest BCUT2D eigenvalue weighted by Gasteiger charge is -2.44. The van der Waals surface area contributed by atoms with Gasteiger partial charge in [-0.3, -0.25) is 9.80 Å². The van der Waals surface area contributed by atoms with Crippen molar-refractivity contribution in [2.24, 2.45) is 5.92 Å². The molecule has 3 aromatic carbocycles. The highest BCUT2D eigenvalue weighted by Crippen LogP contribution is 2.37. The van der Waals surface area contributed by atoms with E-state index in [1.807, 2.05) is 0 Å². The Bertz CT molecular complexity index is 1910. The SMILES string of the molecule is CCOc1cc([C@H](Cc2c(Cl)c[n+]([O-])cc2Cl)OC(=O)c2ccc(CN(C(=O)O[C@H]3CN4CCC3CC4)c3ccccc3F)cc2)ccc1OC(F)F. The number of hydrogen-bond donors (Lipinski definition) is 0. The molecular formula is C38H36Cl2F3N3O7. The van der Waals surface area contributed by atoms with Gasteiger partial charge in [0.05, 0.1) is 24.4 Å². The van der Waals surface area contributed by atoms with E-state index in [1.54, 1.807) is 25.1 Å². The zero-order chi connectivity index (χ0) is 37.6. The lowest BCUT2D eigenvalue weighted by atomic mass is 9.86. The van der Waals surface area contributed by atoms with Crippen molar-refractivity contribution in [3.63, 3.8) is 0 Å². The van der Waals surface area contributed by atoms with E-state index < -0.39 is 30.6 Å². The Hall–Kier alpha value is -4.72. The molecule has 3 aliphatic heterocycles. The first kappa shape index (κ1) is 38.0. The predicted molar refractivity (Wildman–Crippen MR) is 190 cm³/mol. The second kappa shape index (κ2) is 17.0. The highest BCUT2D eigenvalue weighted by atomic mass is 35.5. The molecule has 1 aromatic heterocycles. The van der Waals surface area contributed by atoms with Gasteiger partial charge in [0.2, 0.25) is 0 Å². The van der Waals surface area contributed by atoms with Crippen LogP contribution in [0, 0.1) is 16.9 Å². The number of esters is 1. The Morgan fingerprint density at radius 2 is 1.70 bits per heavy atom. The average molecular weight is 775 g/mol. The van der Waals surface area contributed by atoms with Crippen molar-refractivity contribution in [2.45, 2.75) is 51.6 Å². The molecule has 3 aliphatic rings. The Morgan fingerprint density at radius 3 is 2.32 bits per heavy atom. The number of hydrogen-bond acceptors (Lipinski definition) is 8. The van der Waals surface area contributed by atoms with Gasteiger partial charge in [0.1, 0.15) is 28.1 Å². The maximum Gasteiger partial charge on any atom is 0.415 e. The van der Waals surface area contributed by atoms with Crippen molar-refractivity contribution in [2.75, 3.05) is 31.1 Å². The number of rotatable bonds is 13. The molecule has 10 nitrogen and oxygen atoms in total. The number of amides is 1. The summed E-state index contributed by atoms with van der Waals surface area (Å²) < 4.78 is 63.7. The molecule has 1 amide bonds. The van der Waals surface area contributed by atoms with E-state index in [0.717, 1.165) is 38.3 Å². The normalized spacial score (nSPS) is 18.4. The van der Waals surface area contributed by atoms with Gasteiger partial charge in [-0.25, -0.2) is 14.0 Å². The van der Waals surface area contributed by atoms with Gasteiger partial charge in [0, 0.05) is 18.5 Å². The lowest BCUT2D eigenvalue weighted by Crippen LogP contribution is -2.53. The van der Waals surface area contributed by atoms with Crippen LogP contribution in [0.3, 0.4) is 0 Å². The van der Waals surface area contributed by atoms with Crippen LogP contribution in [0.4, 0.5) is 23.7 Å². The van der Waals surface area contributed by atoms with Gasteiger partial charge in [-0.2, -0.15) is 13.5 Å². The molecule has 4 aromatic rings. The van der Waals surface area contributed by atoms with Crippen molar-refractivity contribution in [1.29, 1.82) is 0 Å². The number of aromatic nitrogens is 1. The number of piperidine rings is 3. The van der Waals surface area contributed by atoms with E-state index in [1.165, 1.54) is 53.4 Å². The third-order valence-corrected chi connectivity index (χ3v) is 9.95. The van der Waals surface area contributed by atoms with E-state index in [2.05, 4.69) is 9.64 Å². The van der Waals surface area contributed by atoms with Crippen molar-refractivity contribution in [3.05, 3.63) is 122 Å². The van der Waals surface area contributed by atoms with Gasteiger partial charge in [-0.15, -0.1) is 0 Å². The number of alkyl halides is 2. The maximum absolute atomic E-state index is 15.0. The second-order valence-electron chi connectivity index (χ2n) is 12.7. The molecule has 4 heterocycles. The number of carbonyl (C=O) groups is 2. The third kappa shape index (κ3) is 9.27. The highest BCUT2D eigenvalue weighted by Gasteiger charge is 2.38.